The number of ether oxygens (including phenoxy) is 4. The van der Waals surface area contributed by atoms with E-state index in [2.05, 4.69) is 9.88 Å². The Morgan fingerprint density at radius 1 is 1.08 bits per heavy atom. The number of rotatable bonds is 8. The third-order valence-corrected chi connectivity index (χ3v) is 7.09. The maximum atomic E-state index is 13.5. The lowest BCUT2D eigenvalue weighted by Gasteiger charge is -2.31. The Hall–Kier alpha value is -3.83. The van der Waals surface area contributed by atoms with Crippen molar-refractivity contribution in [2.45, 2.75) is 19.9 Å². The van der Waals surface area contributed by atoms with E-state index in [1.807, 2.05) is 0 Å². The molecular formula is C27H33N3O8. The van der Waals surface area contributed by atoms with E-state index in [4.69, 9.17) is 18.9 Å². The van der Waals surface area contributed by atoms with E-state index >= 15 is 0 Å². The van der Waals surface area contributed by atoms with Gasteiger partial charge in [0.1, 0.15) is 11.5 Å². The van der Waals surface area contributed by atoms with Gasteiger partial charge < -0.3 is 33.9 Å². The number of aryl methyl sites for hydroxylation is 1. The summed E-state index contributed by atoms with van der Waals surface area (Å²) in [5.41, 5.74) is 1.83. The SMILES string of the molecule is COC(=O)c1[nH]c(C)c(C(O)=C2C(=O)C(=O)N(CCN3CCOCC3)[C@H]2c2ccc(OC)c(OC)c2)c1C. The molecule has 2 N–H and O–H groups in total. The molecule has 0 spiro atoms. The predicted molar refractivity (Wildman–Crippen MR) is 137 cm³/mol. The van der Waals surface area contributed by atoms with Gasteiger partial charge in [-0.2, -0.15) is 0 Å². The first-order valence-corrected chi connectivity index (χ1v) is 12.3. The zero-order valence-electron chi connectivity index (χ0n) is 22.3. The molecule has 1 atom stereocenters. The van der Waals surface area contributed by atoms with Gasteiger partial charge in [-0.25, -0.2) is 4.79 Å². The third-order valence-electron chi connectivity index (χ3n) is 7.09. The molecule has 2 aliphatic heterocycles. The number of nitrogens with one attached hydrogen (secondary N) is 1. The first-order chi connectivity index (χ1) is 18.2. The van der Waals surface area contributed by atoms with Crippen LogP contribution in [-0.4, -0.2) is 98.3 Å². The van der Waals surface area contributed by atoms with Crippen molar-refractivity contribution in [3.8, 4) is 11.5 Å². The number of amides is 1. The second-order valence-corrected chi connectivity index (χ2v) is 9.18. The van der Waals surface area contributed by atoms with Crippen LogP contribution in [0.15, 0.2) is 23.8 Å². The van der Waals surface area contributed by atoms with Gasteiger partial charge in [0.15, 0.2) is 11.5 Å². The molecule has 0 unspecified atom stereocenters. The smallest absolute Gasteiger partial charge is 0.354 e. The molecule has 2 aliphatic rings. The summed E-state index contributed by atoms with van der Waals surface area (Å²) in [4.78, 5) is 45.6. The number of carbonyl (C=O) groups is 3. The number of aliphatic hydroxyl groups is 1. The van der Waals surface area contributed by atoms with Gasteiger partial charge in [-0.3, -0.25) is 14.5 Å². The molecular weight excluding hydrogens is 494 g/mol. The molecule has 1 amide bonds. The van der Waals surface area contributed by atoms with Crippen molar-refractivity contribution in [3.63, 3.8) is 0 Å². The number of ketones is 1. The Morgan fingerprint density at radius 3 is 2.39 bits per heavy atom. The van der Waals surface area contributed by atoms with Crippen molar-refractivity contribution >= 4 is 23.4 Å². The van der Waals surface area contributed by atoms with E-state index in [0.29, 0.717) is 48.1 Å². The van der Waals surface area contributed by atoms with E-state index < -0.39 is 23.7 Å². The quantitative estimate of drug-likeness (QED) is 0.230. The highest BCUT2D eigenvalue weighted by molar-refractivity contribution is 6.46. The molecule has 1 aromatic heterocycles. The molecule has 2 saturated heterocycles. The summed E-state index contributed by atoms with van der Waals surface area (Å²) in [7, 11) is 4.27. The van der Waals surface area contributed by atoms with Gasteiger partial charge in [-0.15, -0.1) is 0 Å². The fourth-order valence-corrected chi connectivity index (χ4v) is 5.10. The molecule has 0 radical (unpaired) electrons. The summed E-state index contributed by atoms with van der Waals surface area (Å²) < 4.78 is 21.1. The highest BCUT2D eigenvalue weighted by Gasteiger charge is 2.46. The van der Waals surface area contributed by atoms with Gasteiger partial charge >= 0.3 is 5.97 Å². The van der Waals surface area contributed by atoms with Gasteiger partial charge in [-0.05, 0) is 37.1 Å². The van der Waals surface area contributed by atoms with Crippen LogP contribution in [0.25, 0.3) is 5.76 Å². The van der Waals surface area contributed by atoms with Crippen LogP contribution in [-0.2, 0) is 19.1 Å². The number of methoxy groups -OCH3 is 3. The fraction of sp³-hybridized carbons (Fsp3) is 0.444. The Balaban J connectivity index is 1.84. The van der Waals surface area contributed by atoms with Crippen LogP contribution in [0, 0.1) is 13.8 Å². The van der Waals surface area contributed by atoms with Crippen molar-refractivity contribution < 1.29 is 38.4 Å². The molecule has 3 heterocycles. The zero-order valence-corrected chi connectivity index (χ0v) is 22.3. The average Bonchev–Trinajstić information content (AvgIpc) is 3.37. The number of esters is 1. The molecule has 38 heavy (non-hydrogen) atoms. The second-order valence-electron chi connectivity index (χ2n) is 9.18. The van der Waals surface area contributed by atoms with Crippen molar-refractivity contribution in [2.75, 3.05) is 60.7 Å². The number of benzene rings is 1. The normalized spacial score (nSPS) is 19.6. The van der Waals surface area contributed by atoms with Gasteiger partial charge in [0.25, 0.3) is 11.7 Å². The van der Waals surface area contributed by atoms with Crippen molar-refractivity contribution in [2.24, 2.45) is 0 Å². The van der Waals surface area contributed by atoms with Crippen LogP contribution >= 0.6 is 0 Å². The Bertz CT molecular complexity index is 1280. The number of morpholine rings is 1. The molecule has 204 valence electrons. The summed E-state index contributed by atoms with van der Waals surface area (Å²) in [6, 6.07) is 4.24. The summed E-state index contributed by atoms with van der Waals surface area (Å²) >= 11 is 0. The van der Waals surface area contributed by atoms with Gasteiger partial charge in [0.2, 0.25) is 0 Å². The lowest BCUT2D eigenvalue weighted by molar-refractivity contribution is -0.140. The number of hydrogen-bond acceptors (Lipinski definition) is 9. The van der Waals surface area contributed by atoms with Crippen LogP contribution in [0.5, 0.6) is 11.5 Å². The second kappa shape index (κ2) is 11.3. The Labute approximate surface area is 220 Å². The number of nitrogens with zero attached hydrogens (tertiary/aromatic N) is 2. The van der Waals surface area contributed by atoms with Crippen molar-refractivity contribution in [1.29, 1.82) is 0 Å². The number of carbonyl (C=O) groups excluding carboxylic acids is 3. The van der Waals surface area contributed by atoms with E-state index in [-0.39, 0.29) is 29.1 Å². The molecule has 11 heteroatoms. The van der Waals surface area contributed by atoms with Crippen LogP contribution in [0.3, 0.4) is 0 Å². The predicted octanol–water partition coefficient (Wildman–Crippen LogP) is 2.19. The van der Waals surface area contributed by atoms with Gasteiger partial charge in [-0.1, -0.05) is 6.07 Å². The van der Waals surface area contributed by atoms with Crippen LogP contribution in [0.1, 0.15) is 38.9 Å². The number of hydrogen-bond donors (Lipinski definition) is 2. The van der Waals surface area contributed by atoms with Crippen molar-refractivity contribution in [3.05, 3.63) is 51.9 Å². The number of H-pyrrole nitrogens is 1. The standard InChI is InChI=1S/C27H33N3O8/c1-15-20(16(2)28-22(15)27(34)37-5)24(31)21-23(17-6-7-18(35-3)19(14-17)36-4)30(26(33)25(21)32)9-8-29-10-12-38-13-11-29/h6-7,14,23,28,31H,8-13H2,1-5H3/t23-/m0/s1. The molecule has 11 nitrogen and oxygen atoms in total. The summed E-state index contributed by atoms with van der Waals surface area (Å²) in [5.74, 6) is -1.57. The number of aromatic amines is 1. The molecule has 2 fully saturated rings. The molecule has 0 bridgehead atoms. The maximum absolute atomic E-state index is 13.5. The van der Waals surface area contributed by atoms with Crippen LogP contribution < -0.4 is 9.47 Å². The largest absolute Gasteiger partial charge is 0.507 e. The summed E-state index contributed by atoms with van der Waals surface area (Å²) in [5, 5.41) is 11.6. The van der Waals surface area contributed by atoms with E-state index in [9.17, 15) is 19.5 Å². The van der Waals surface area contributed by atoms with Crippen molar-refractivity contribution in [1.82, 2.24) is 14.8 Å². The number of likely N-dealkylation sites (tertiary alicyclic amines) is 1. The average molecular weight is 528 g/mol. The first kappa shape index (κ1) is 27.2. The minimum Gasteiger partial charge on any atom is -0.507 e. The van der Waals surface area contributed by atoms with E-state index in [1.165, 1.54) is 26.2 Å². The van der Waals surface area contributed by atoms with Gasteiger partial charge in [0.05, 0.1) is 46.2 Å². The van der Waals surface area contributed by atoms with E-state index in [1.54, 1.807) is 32.0 Å². The summed E-state index contributed by atoms with van der Waals surface area (Å²) in [6.45, 7) is 6.78. The highest BCUT2D eigenvalue weighted by Crippen LogP contribution is 2.43. The minimum absolute atomic E-state index is 0.0641. The Morgan fingerprint density at radius 2 is 1.76 bits per heavy atom. The third kappa shape index (κ3) is 4.86. The topological polar surface area (TPSA) is 131 Å². The monoisotopic (exact) mass is 527 g/mol. The van der Waals surface area contributed by atoms with Crippen LogP contribution in [0.4, 0.5) is 0 Å². The number of Topliss-reactive ketones (excluding diaryl/α,β-unsaturated/α-hetero) is 1. The zero-order chi connectivity index (χ0) is 27.6. The Kier molecular flexibility index (Phi) is 8.08. The number of aliphatic hydroxyl groups excluding tert-OH is 1. The highest BCUT2D eigenvalue weighted by atomic mass is 16.5. The number of aromatic nitrogens is 1. The molecule has 0 aliphatic carbocycles. The molecule has 1 aromatic carbocycles. The molecule has 4 rings (SSSR count). The van der Waals surface area contributed by atoms with Gasteiger partial charge in [0, 0.05) is 37.4 Å². The lowest BCUT2D eigenvalue weighted by Crippen LogP contribution is -2.42. The molecule has 0 saturated carbocycles. The fourth-order valence-electron chi connectivity index (χ4n) is 5.10. The lowest BCUT2D eigenvalue weighted by atomic mass is 9.93. The first-order valence-electron chi connectivity index (χ1n) is 12.3. The summed E-state index contributed by atoms with van der Waals surface area (Å²) in [6.07, 6.45) is 0. The van der Waals surface area contributed by atoms with Crippen LogP contribution in [0.2, 0.25) is 0 Å². The minimum atomic E-state index is -0.883. The van der Waals surface area contributed by atoms with E-state index in [0.717, 1.165) is 13.1 Å². The maximum Gasteiger partial charge on any atom is 0.354 e. The molecule has 2 aromatic rings.